The summed E-state index contributed by atoms with van der Waals surface area (Å²) < 4.78 is 25.4. The maximum atomic E-state index is 13.6. The SMILES string of the molecule is CCc1ccc2nc(N3C(=O)C(=O)/C(=C(/O)c4ccc(F)cc4)C3c3cc(OC)ccc3OC)sc2c1. The smallest absolute Gasteiger partial charge is 0.301 e. The molecule has 5 rings (SSSR count). The summed E-state index contributed by atoms with van der Waals surface area (Å²) in [4.78, 5) is 32.9. The number of aromatic nitrogens is 1. The van der Waals surface area contributed by atoms with Gasteiger partial charge < -0.3 is 14.6 Å². The molecule has 1 aliphatic rings. The van der Waals surface area contributed by atoms with Crippen molar-refractivity contribution in [2.75, 3.05) is 19.1 Å². The number of fused-ring (bicyclic) bond motifs is 1. The van der Waals surface area contributed by atoms with E-state index in [1.165, 1.54) is 54.7 Å². The average molecular weight is 519 g/mol. The fourth-order valence-electron chi connectivity index (χ4n) is 4.42. The number of thiazole rings is 1. The second-order valence-corrected chi connectivity index (χ2v) is 9.45. The fraction of sp³-hybridized carbons (Fsp3) is 0.179. The summed E-state index contributed by atoms with van der Waals surface area (Å²) in [6.45, 7) is 2.05. The van der Waals surface area contributed by atoms with Crippen LogP contribution in [0.15, 0.2) is 66.2 Å². The number of methoxy groups -OCH3 is 2. The molecule has 1 fully saturated rings. The zero-order valence-electron chi connectivity index (χ0n) is 20.3. The van der Waals surface area contributed by atoms with Gasteiger partial charge in [-0.1, -0.05) is 24.3 Å². The highest BCUT2D eigenvalue weighted by Gasteiger charge is 2.49. The summed E-state index contributed by atoms with van der Waals surface area (Å²) in [5.74, 6) is -1.79. The lowest BCUT2D eigenvalue weighted by atomic mass is 9.94. The molecule has 2 heterocycles. The highest BCUT2D eigenvalue weighted by molar-refractivity contribution is 7.22. The highest BCUT2D eigenvalue weighted by Crippen LogP contribution is 2.47. The number of ketones is 1. The van der Waals surface area contributed by atoms with Crippen LogP contribution in [0.25, 0.3) is 16.0 Å². The van der Waals surface area contributed by atoms with Crippen LogP contribution in [0.4, 0.5) is 9.52 Å². The van der Waals surface area contributed by atoms with Gasteiger partial charge in [-0.05, 0) is 66.6 Å². The molecule has 37 heavy (non-hydrogen) atoms. The molecule has 0 spiro atoms. The van der Waals surface area contributed by atoms with Crippen LogP contribution in [0.5, 0.6) is 11.5 Å². The van der Waals surface area contributed by atoms with Crippen LogP contribution in [0.1, 0.15) is 29.7 Å². The Labute approximate surface area is 216 Å². The van der Waals surface area contributed by atoms with Gasteiger partial charge in [-0.15, -0.1) is 0 Å². The maximum absolute atomic E-state index is 13.6. The first-order valence-corrected chi connectivity index (χ1v) is 12.4. The molecule has 1 aromatic heterocycles. The molecule has 0 bridgehead atoms. The number of hydrogen-bond acceptors (Lipinski definition) is 7. The van der Waals surface area contributed by atoms with Crippen LogP contribution in [0.2, 0.25) is 0 Å². The first-order valence-electron chi connectivity index (χ1n) is 11.5. The summed E-state index contributed by atoms with van der Waals surface area (Å²) in [5.41, 5.74) is 2.28. The molecule has 4 aromatic rings. The zero-order valence-corrected chi connectivity index (χ0v) is 21.1. The number of hydrogen-bond donors (Lipinski definition) is 1. The predicted molar refractivity (Wildman–Crippen MR) is 140 cm³/mol. The number of Topliss-reactive ketones (excluding diaryl/α,β-unsaturated/α-hetero) is 1. The number of nitrogens with zero attached hydrogens (tertiary/aromatic N) is 2. The van der Waals surface area contributed by atoms with E-state index in [1.54, 1.807) is 18.2 Å². The van der Waals surface area contributed by atoms with Gasteiger partial charge in [-0.25, -0.2) is 9.37 Å². The molecule has 188 valence electrons. The standard InChI is InChI=1S/C28H23FN2O5S/c1-4-15-5-11-20-22(13-15)37-28(30-20)31-24(19-14-18(35-2)10-12-21(19)36-3)23(26(33)27(31)34)25(32)16-6-8-17(29)9-7-16/h5-14,24,32H,4H2,1-3H3/b25-23+. The van der Waals surface area contributed by atoms with E-state index in [4.69, 9.17) is 9.47 Å². The number of aryl methyl sites for hydroxylation is 1. The Kier molecular flexibility index (Phi) is 6.39. The Morgan fingerprint density at radius 3 is 2.49 bits per heavy atom. The molecule has 1 amide bonds. The minimum absolute atomic E-state index is 0.156. The summed E-state index contributed by atoms with van der Waals surface area (Å²) in [7, 11) is 2.97. The Morgan fingerprint density at radius 2 is 1.81 bits per heavy atom. The van der Waals surface area contributed by atoms with Gasteiger partial charge in [-0.2, -0.15) is 0 Å². The lowest BCUT2D eigenvalue weighted by Gasteiger charge is -2.25. The van der Waals surface area contributed by atoms with Gasteiger partial charge in [0.05, 0.1) is 30.0 Å². The van der Waals surface area contributed by atoms with Gasteiger partial charge in [0.15, 0.2) is 5.13 Å². The quantitative estimate of drug-likeness (QED) is 0.202. The second-order valence-electron chi connectivity index (χ2n) is 8.44. The predicted octanol–water partition coefficient (Wildman–Crippen LogP) is 5.64. The number of benzene rings is 3. The lowest BCUT2D eigenvalue weighted by Crippen LogP contribution is -2.29. The summed E-state index contributed by atoms with van der Waals surface area (Å²) in [5, 5.41) is 11.6. The summed E-state index contributed by atoms with van der Waals surface area (Å²) in [6.07, 6.45) is 0.840. The van der Waals surface area contributed by atoms with E-state index in [0.29, 0.717) is 27.7 Å². The molecule has 0 radical (unpaired) electrons. The molecule has 1 aliphatic heterocycles. The number of amides is 1. The van der Waals surface area contributed by atoms with E-state index in [2.05, 4.69) is 4.98 Å². The van der Waals surface area contributed by atoms with Crippen molar-refractivity contribution < 1.29 is 28.6 Å². The van der Waals surface area contributed by atoms with E-state index in [0.717, 1.165) is 16.7 Å². The lowest BCUT2D eigenvalue weighted by molar-refractivity contribution is -0.132. The Hall–Kier alpha value is -4.24. The molecule has 3 aromatic carbocycles. The third-order valence-electron chi connectivity index (χ3n) is 6.35. The average Bonchev–Trinajstić information content (AvgIpc) is 3.45. The van der Waals surface area contributed by atoms with Crippen LogP contribution in [-0.4, -0.2) is 36.0 Å². The number of rotatable bonds is 6. The van der Waals surface area contributed by atoms with E-state index in [1.807, 2.05) is 25.1 Å². The molecule has 1 atom stereocenters. The molecular formula is C28H23FN2O5S. The minimum atomic E-state index is -1.07. The van der Waals surface area contributed by atoms with Crippen LogP contribution in [-0.2, 0) is 16.0 Å². The van der Waals surface area contributed by atoms with Gasteiger partial charge >= 0.3 is 5.91 Å². The molecule has 0 saturated carbocycles. The summed E-state index contributed by atoms with van der Waals surface area (Å²) >= 11 is 1.28. The number of aliphatic hydroxyl groups is 1. The number of aliphatic hydroxyl groups excluding tert-OH is 1. The highest BCUT2D eigenvalue weighted by atomic mass is 32.1. The van der Waals surface area contributed by atoms with Crippen molar-refractivity contribution in [1.82, 2.24) is 4.98 Å². The third kappa shape index (κ3) is 4.21. The van der Waals surface area contributed by atoms with E-state index < -0.39 is 29.3 Å². The Balaban J connectivity index is 1.77. The van der Waals surface area contributed by atoms with Crippen molar-refractivity contribution >= 4 is 44.1 Å². The van der Waals surface area contributed by atoms with Gasteiger partial charge in [-0.3, -0.25) is 14.5 Å². The largest absolute Gasteiger partial charge is 0.507 e. The normalized spacial score (nSPS) is 17.0. The van der Waals surface area contributed by atoms with Gasteiger partial charge in [0.1, 0.15) is 29.1 Å². The second kappa shape index (κ2) is 9.67. The number of anilines is 1. The molecule has 1 N–H and O–H groups in total. The first kappa shape index (κ1) is 24.5. The number of halogens is 1. The Morgan fingerprint density at radius 1 is 1.05 bits per heavy atom. The number of carbonyl (C=O) groups is 2. The third-order valence-corrected chi connectivity index (χ3v) is 7.37. The van der Waals surface area contributed by atoms with Crippen molar-refractivity contribution in [3.8, 4) is 11.5 Å². The number of ether oxygens (including phenoxy) is 2. The molecule has 7 nitrogen and oxygen atoms in total. The van der Waals surface area contributed by atoms with Crippen molar-refractivity contribution in [2.45, 2.75) is 19.4 Å². The van der Waals surface area contributed by atoms with E-state index >= 15 is 0 Å². The monoisotopic (exact) mass is 518 g/mol. The van der Waals surface area contributed by atoms with Gasteiger partial charge in [0.2, 0.25) is 0 Å². The number of carbonyl (C=O) groups excluding carboxylic acids is 2. The van der Waals surface area contributed by atoms with Crippen molar-refractivity contribution in [2.24, 2.45) is 0 Å². The minimum Gasteiger partial charge on any atom is -0.507 e. The van der Waals surface area contributed by atoms with Crippen LogP contribution < -0.4 is 14.4 Å². The molecule has 1 unspecified atom stereocenters. The summed E-state index contributed by atoms with van der Waals surface area (Å²) in [6, 6.07) is 14.8. The van der Waals surface area contributed by atoms with E-state index in [9.17, 15) is 19.1 Å². The van der Waals surface area contributed by atoms with Crippen LogP contribution in [0.3, 0.4) is 0 Å². The maximum Gasteiger partial charge on any atom is 0.301 e. The van der Waals surface area contributed by atoms with Gasteiger partial charge in [0.25, 0.3) is 5.78 Å². The fourth-order valence-corrected chi connectivity index (χ4v) is 5.48. The molecular weight excluding hydrogens is 495 g/mol. The van der Waals surface area contributed by atoms with Crippen molar-refractivity contribution in [1.29, 1.82) is 0 Å². The van der Waals surface area contributed by atoms with Gasteiger partial charge in [0, 0.05) is 11.1 Å². The Bertz CT molecular complexity index is 1560. The van der Waals surface area contributed by atoms with Crippen molar-refractivity contribution in [3.63, 3.8) is 0 Å². The molecule has 9 heteroatoms. The van der Waals surface area contributed by atoms with Crippen LogP contribution in [0, 0.1) is 5.82 Å². The first-order chi connectivity index (χ1) is 17.9. The molecule has 1 saturated heterocycles. The zero-order chi connectivity index (χ0) is 26.3. The molecule has 0 aliphatic carbocycles. The van der Waals surface area contributed by atoms with Crippen LogP contribution >= 0.6 is 11.3 Å². The van der Waals surface area contributed by atoms with E-state index in [-0.39, 0.29) is 11.1 Å². The topological polar surface area (TPSA) is 89.0 Å². The van der Waals surface area contributed by atoms with Crippen molar-refractivity contribution in [3.05, 3.63) is 88.7 Å².